The van der Waals surface area contributed by atoms with Crippen LogP contribution in [0.5, 0.6) is 0 Å². The Balaban J connectivity index is 1.59. The van der Waals surface area contributed by atoms with Gasteiger partial charge in [-0.2, -0.15) is 14.7 Å². The van der Waals surface area contributed by atoms with Crippen LogP contribution in [0.4, 0.5) is 10.2 Å². The van der Waals surface area contributed by atoms with Gasteiger partial charge in [-0.1, -0.05) is 12.1 Å². The average molecular weight is 462 g/mol. The third-order valence-electron chi connectivity index (χ3n) is 6.52. The maximum absolute atomic E-state index is 14.2. The molecule has 3 aromatic heterocycles. The number of aliphatic carboxylic acids is 1. The van der Waals surface area contributed by atoms with Crippen molar-refractivity contribution >= 4 is 23.2 Å². The largest absolute Gasteiger partial charge is 0.481 e. The quantitative estimate of drug-likeness (QED) is 0.431. The molecule has 0 aliphatic heterocycles. The molecule has 0 radical (unpaired) electrons. The molecule has 1 aliphatic rings. The molecule has 3 N–H and O–H groups in total. The molecule has 0 unspecified atom stereocenters. The molecular formula is C24H23FN6O3. The van der Waals surface area contributed by atoms with Crippen molar-refractivity contribution in [1.29, 1.82) is 0 Å². The SMILES string of the molecule is CC(=O)c1c(N)n2ncc(-c3cnn(-c4ccccc4F)c3)c2nc1[C@H]1CC[C@H](C(=O)O)CC1. The summed E-state index contributed by atoms with van der Waals surface area (Å²) in [5.41, 5.74) is 9.37. The number of carboxylic acid groups (broad SMARTS) is 1. The molecule has 174 valence electrons. The zero-order valence-electron chi connectivity index (χ0n) is 18.5. The molecule has 10 heteroatoms. The summed E-state index contributed by atoms with van der Waals surface area (Å²) in [6.07, 6.45) is 7.12. The van der Waals surface area contributed by atoms with Crippen LogP contribution >= 0.6 is 0 Å². The van der Waals surface area contributed by atoms with Crippen LogP contribution in [0.2, 0.25) is 0 Å². The molecule has 4 aromatic rings. The van der Waals surface area contributed by atoms with E-state index >= 15 is 0 Å². The predicted octanol–water partition coefficient (Wildman–Crippen LogP) is 3.86. The summed E-state index contributed by atoms with van der Waals surface area (Å²) in [4.78, 5) is 28.7. The summed E-state index contributed by atoms with van der Waals surface area (Å²) in [6.45, 7) is 1.44. The van der Waals surface area contributed by atoms with Crippen LogP contribution < -0.4 is 5.73 Å². The van der Waals surface area contributed by atoms with E-state index in [1.54, 1.807) is 36.8 Å². The van der Waals surface area contributed by atoms with Gasteiger partial charge in [-0.3, -0.25) is 9.59 Å². The Hall–Kier alpha value is -4.08. The zero-order chi connectivity index (χ0) is 24.0. The summed E-state index contributed by atoms with van der Waals surface area (Å²) in [6, 6.07) is 6.33. The lowest BCUT2D eigenvalue weighted by molar-refractivity contribution is -0.142. The number of para-hydroxylation sites is 1. The monoisotopic (exact) mass is 462 g/mol. The van der Waals surface area contributed by atoms with E-state index in [1.165, 1.54) is 22.2 Å². The Morgan fingerprint density at radius 3 is 2.53 bits per heavy atom. The summed E-state index contributed by atoms with van der Waals surface area (Å²) < 4.78 is 17.1. The molecule has 9 nitrogen and oxygen atoms in total. The molecule has 0 spiro atoms. The van der Waals surface area contributed by atoms with E-state index in [0.717, 1.165) is 0 Å². The number of halogens is 1. The molecule has 1 aromatic carbocycles. The van der Waals surface area contributed by atoms with E-state index in [9.17, 15) is 19.1 Å². The topological polar surface area (TPSA) is 128 Å². The second-order valence-corrected chi connectivity index (χ2v) is 8.62. The Labute approximate surface area is 194 Å². The molecule has 0 saturated heterocycles. The summed E-state index contributed by atoms with van der Waals surface area (Å²) in [5, 5.41) is 18.0. The van der Waals surface area contributed by atoms with Gasteiger partial charge >= 0.3 is 5.97 Å². The van der Waals surface area contributed by atoms with Gasteiger partial charge in [0.25, 0.3) is 0 Å². The first-order chi connectivity index (χ1) is 16.3. The molecule has 5 rings (SSSR count). The number of hydrogen-bond donors (Lipinski definition) is 2. The van der Waals surface area contributed by atoms with Gasteiger partial charge in [-0.15, -0.1) is 0 Å². The second-order valence-electron chi connectivity index (χ2n) is 8.62. The number of aromatic nitrogens is 5. The van der Waals surface area contributed by atoms with Gasteiger partial charge in [-0.25, -0.2) is 14.1 Å². The molecule has 3 heterocycles. The Morgan fingerprint density at radius 2 is 1.85 bits per heavy atom. The van der Waals surface area contributed by atoms with Crippen LogP contribution in [0.15, 0.2) is 42.9 Å². The number of nitrogen functional groups attached to an aromatic ring is 1. The zero-order valence-corrected chi connectivity index (χ0v) is 18.5. The smallest absolute Gasteiger partial charge is 0.306 e. The number of benzene rings is 1. The van der Waals surface area contributed by atoms with Crippen LogP contribution in [-0.4, -0.2) is 41.2 Å². The molecular weight excluding hydrogens is 439 g/mol. The van der Waals surface area contributed by atoms with Gasteiger partial charge in [0.15, 0.2) is 11.4 Å². The minimum atomic E-state index is -0.793. The van der Waals surface area contributed by atoms with Crippen LogP contribution in [0.25, 0.3) is 22.5 Å². The number of rotatable bonds is 5. The molecule has 1 fully saturated rings. The van der Waals surface area contributed by atoms with Crippen molar-refractivity contribution in [2.24, 2.45) is 5.92 Å². The minimum absolute atomic E-state index is 0.0781. The second kappa shape index (κ2) is 8.36. The third kappa shape index (κ3) is 3.60. The third-order valence-corrected chi connectivity index (χ3v) is 6.52. The fourth-order valence-electron chi connectivity index (χ4n) is 4.74. The van der Waals surface area contributed by atoms with E-state index in [0.29, 0.717) is 59.4 Å². The van der Waals surface area contributed by atoms with E-state index < -0.39 is 11.8 Å². The number of nitrogens with two attached hydrogens (primary N) is 1. The highest BCUT2D eigenvalue weighted by molar-refractivity contribution is 6.00. The molecule has 34 heavy (non-hydrogen) atoms. The highest BCUT2D eigenvalue weighted by Crippen LogP contribution is 2.39. The normalized spacial score (nSPS) is 18.3. The fourth-order valence-corrected chi connectivity index (χ4v) is 4.74. The average Bonchev–Trinajstić information content (AvgIpc) is 3.46. The number of ketones is 1. The van der Waals surface area contributed by atoms with Crippen LogP contribution in [0, 0.1) is 11.7 Å². The maximum atomic E-state index is 14.2. The van der Waals surface area contributed by atoms with Gasteiger partial charge < -0.3 is 10.8 Å². The van der Waals surface area contributed by atoms with Gasteiger partial charge in [0.1, 0.15) is 17.3 Å². The van der Waals surface area contributed by atoms with Crippen molar-refractivity contribution in [2.45, 2.75) is 38.5 Å². The van der Waals surface area contributed by atoms with Crippen LogP contribution in [0.1, 0.15) is 54.6 Å². The number of fused-ring (bicyclic) bond motifs is 1. The van der Waals surface area contributed by atoms with Gasteiger partial charge in [0, 0.05) is 23.2 Å². The number of nitrogens with zero attached hydrogens (tertiary/aromatic N) is 5. The van der Waals surface area contributed by atoms with Crippen molar-refractivity contribution in [1.82, 2.24) is 24.4 Å². The number of carbonyl (C=O) groups excluding carboxylic acids is 1. The summed E-state index contributed by atoms with van der Waals surface area (Å²) in [7, 11) is 0. The minimum Gasteiger partial charge on any atom is -0.481 e. The van der Waals surface area contributed by atoms with Gasteiger partial charge in [-0.05, 0) is 44.7 Å². The predicted molar refractivity (Wildman–Crippen MR) is 122 cm³/mol. The van der Waals surface area contributed by atoms with Crippen molar-refractivity contribution in [3.05, 3.63) is 59.9 Å². The number of carbonyl (C=O) groups is 2. The molecule has 1 aliphatic carbocycles. The van der Waals surface area contributed by atoms with E-state index in [-0.39, 0.29) is 23.4 Å². The standard InChI is InChI=1S/C24H23FN6O3/c1-13(32)20-21(14-6-8-15(9-7-14)24(33)34)29-23-17(11-28-31(23)22(20)26)16-10-27-30(12-16)19-5-3-2-4-18(19)25/h2-5,10-12,14-15H,6-9,26H2,1H3,(H,33,34)/t14-,15-. The molecule has 0 amide bonds. The number of anilines is 1. The van der Waals surface area contributed by atoms with E-state index in [4.69, 9.17) is 10.7 Å². The molecule has 0 bridgehead atoms. The first kappa shape index (κ1) is 21.7. The van der Waals surface area contributed by atoms with E-state index in [1.807, 2.05) is 0 Å². The Kier molecular flexibility index (Phi) is 5.35. The van der Waals surface area contributed by atoms with Crippen molar-refractivity contribution < 1.29 is 19.1 Å². The fraction of sp³-hybridized carbons (Fsp3) is 0.292. The lowest BCUT2D eigenvalue weighted by Gasteiger charge is -2.27. The van der Waals surface area contributed by atoms with Gasteiger partial charge in [0.2, 0.25) is 0 Å². The summed E-state index contributed by atoms with van der Waals surface area (Å²) in [5.74, 6) is -1.67. The number of Topliss-reactive ketones (excluding diaryl/α,β-unsaturated/α-hetero) is 1. The summed E-state index contributed by atoms with van der Waals surface area (Å²) >= 11 is 0. The molecule has 1 saturated carbocycles. The number of hydrogen-bond acceptors (Lipinski definition) is 6. The highest BCUT2D eigenvalue weighted by atomic mass is 19.1. The lowest BCUT2D eigenvalue weighted by atomic mass is 9.79. The maximum Gasteiger partial charge on any atom is 0.306 e. The highest BCUT2D eigenvalue weighted by Gasteiger charge is 2.31. The van der Waals surface area contributed by atoms with Crippen molar-refractivity contribution in [2.75, 3.05) is 5.73 Å². The number of carboxylic acids is 1. The Bertz CT molecular complexity index is 1420. The van der Waals surface area contributed by atoms with Crippen LogP contribution in [-0.2, 0) is 4.79 Å². The van der Waals surface area contributed by atoms with Crippen molar-refractivity contribution in [3.63, 3.8) is 0 Å². The molecule has 0 atom stereocenters. The van der Waals surface area contributed by atoms with Crippen molar-refractivity contribution in [3.8, 4) is 16.8 Å². The van der Waals surface area contributed by atoms with E-state index in [2.05, 4.69) is 10.2 Å². The lowest BCUT2D eigenvalue weighted by Crippen LogP contribution is -2.23. The first-order valence-electron chi connectivity index (χ1n) is 11.1. The van der Waals surface area contributed by atoms with Crippen LogP contribution in [0.3, 0.4) is 0 Å². The first-order valence-corrected chi connectivity index (χ1v) is 11.1. The van der Waals surface area contributed by atoms with Gasteiger partial charge in [0.05, 0.1) is 29.6 Å². The Morgan fingerprint density at radius 1 is 1.12 bits per heavy atom.